The number of benzene rings is 1. The second-order valence-corrected chi connectivity index (χ2v) is 3.61. The first-order valence-corrected chi connectivity index (χ1v) is 4.85. The quantitative estimate of drug-likeness (QED) is 0.770. The molecule has 0 spiro atoms. The third-order valence-electron chi connectivity index (χ3n) is 1.69. The highest BCUT2D eigenvalue weighted by Gasteiger charge is 2.11. The molecule has 0 atom stereocenters. The van der Waals surface area contributed by atoms with Gasteiger partial charge in [0.1, 0.15) is 0 Å². The Morgan fingerprint density at radius 3 is 2.60 bits per heavy atom. The number of urea groups is 1. The van der Waals surface area contributed by atoms with E-state index in [0.717, 1.165) is 0 Å². The van der Waals surface area contributed by atoms with Crippen molar-refractivity contribution in [1.82, 2.24) is 5.32 Å². The molecule has 80 valence electrons. The molecule has 0 aliphatic rings. The summed E-state index contributed by atoms with van der Waals surface area (Å²) in [6.07, 6.45) is 0. The zero-order valence-electron chi connectivity index (χ0n) is 7.87. The highest BCUT2D eigenvalue weighted by atomic mass is 79.9. The summed E-state index contributed by atoms with van der Waals surface area (Å²) in [5.41, 5.74) is 0.290. The zero-order valence-corrected chi connectivity index (χ0v) is 9.46. The Labute approximate surface area is 94.6 Å². The normalized spacial score (nSPS) is 9.47. The summed E-state index contributed by atoms with van der Waals surface area (Å²) < 4.78 is 0.641. The van der Waals surface area contributed by atoms with Crippen LogP contribution in [0.1, 0.15) is 10.4 Å². The molecule has 0 fully saturated rings. The molecule has 0 radical (unpaired) electrons. The van der Waals surface area contributed by atoms with Gasteiger partial charge in [-0.2, -0.15) is 0 Å². The Morgan fingerprint density at radius 1 is 1.40 bits per heavy atom. The van der Waals surface area contributed by atoms with Gasteiger partial charge >= 0.3 is 12.0 Å². The molecule has 1 rings (SSSR count). The lowest BCUT2D eigenvalue weighted by Crippen LogP contribution is -2.25. The largest absolute Gasteiger partial charge is 0.478 e. The van der Waals surface area contributed by atoms with Crippen molar-refractivity contribution in [2.45, 2.75) is 0 Å². The maximum absolute atomic E-state index is 11.0. The minimum absolute atomic E-state index is 0.0352. The summed E-state index contributed by atoms with van der Waals surface area (Å²) in [7, 11) is 1.45. The molecule has 0 aromatic heterocycles. The molecular formula is C9H9BrN2O3. The molecule has 0 saturated carbocycles. The van der Waals surface area contributed by atoms with Crippen molar-refractivity contribution in [3.05, 3.63) is 28.2 Å². The maximum Gasteiger partial charge on any atom is 0.337 e. The van der Waals surface area contributed by atoms with Crippen LogP contribution in [-0.4, -0.2) is 24.2 Å². The van der Waals surface area contributed by atoms with Crippen LogP contribution in [0.2, 0.25) is 0 Å². The summed E-state index contributed by atoms with van der Waals surface area (Å²) in [6, 6.07) is 4.13. The molecule has 0 aliphatic carbocycles. The average Bonchev–Trinajstić information content (AvgIpc) is 2.20. The first-order chi connectivity index (χ1) is 7.04. The SMILES string of the molecule is CNC(=O)Nc1ccc(Br)cc1C(=O)O. The van der Waals surface area contributed by atoms with Crippen LogP contribution in [0, 0.1) is 0 Å². The number of halogens is 1. The summed E-state index contributed by atoms with van der Waals surface area (Å²) >= 11 is 3.16. The van der Waals surface area contributed by atoms with Crippen LogP contribution in [0.4, 0.5) is 10.5 Å². The third-order valence-corrected chi connectivity index (χ3v) is 2.18. The predicted molar refractivity (Wildman–Crippen MR) is 59.2 cm³/mol. The van der Waals surface area contributed by atoms with Gasteiger partial charge in [0, 0.05) is 11.5 Å². The Hall–Kier alpha value is -1.56. The Bertz CT molecular complexity index is 406. The van der Waals surface area contributed by atoms with Crippen molar-refractivity contribution in [3.63, 3.8) is 0 Å². The topological polar surface area (TPSA) is 78.4 Å². The molecule has 0 saturated heterocycles. The van der Waals surface area contributed by atoms with E-state index in [1.807, 2.05) is 0 Å². The molecule has 0 aliphatic heterocycles. The summed E-state index contributed by atoms with van der Waals surface area (Å²) in [6.45, 7) is 0. The highest BCUT2D eigenvalue weighted by Crippen LogP contribution is 2.20. The summed E-state index contributed by atoms with van der Waals surface area (Å²) in [5, 5.41) is 13.6. The maximum atomic E-state index is 11.0. The Kier molecular flexibility index (Phi) is 3.68. The molecule has 6 heteroatoms. The fourth-order valence-electron chi connectivity index (χ4n) is 0.987. The van der Waals surface area contributed by atoms with E-state index in [1.54, 1.807) is 6.07 Å². The lowest BCUT2D eigenvalue weighted by atomic mass is 10.2. The van der Waals surface area contributed by atoms with E-state index >= 15 is 0 Å². The van der Waals surface area contributed by atoms with Crippen molar-refractivity contribution in [2.24, 2.45) is 0 Å². The van der Waals surface area contributed by atoms with Crippen molar-refractivity contribution >= 4 is 33.6 Å². The molecular weight excluding hydrogens is 264 g/mol. The van der Waals surface area contributed by atoms with Gasteiger partial charge in [-0.1, -0.05) is 15.9 Å². The number of carbonyl (C=O) groups is 2. The number of rotatable bonds is 2. The average molecular weight is 273 g/mol. The molecule has 1 aromatic carbocycles. The third kappa shape index (κ3) is 2.95. The van der Waals surface area contributed by atoms with Gasteiger partial charge in [0.05, 0.1) is 11.3 Å². The lowest BCUT2D eigenvalue weighted by Gasteiger charge is -2.07. The van der Waals surface area contributed by atoms with E-state index in [4.69, 9.17) is 5.11 Å². The molecule has 0 unspecified atom stereocenters. The first kappa shape index (κ1) is 11.5. The van der Waals surface area contributed by atoms with Crippen LogP contribution < -0.4 is 10.6 Å². The summed E-state index contributed by atoms with van der Waals surface area (Å²) in [5.74, 6) is -1.09. The molecule has 0 bridgehead atoms. The summed E-state index contributed by atoms with van der Waals surface area (Å²) in [4.78, 5) is 21.9. The number of amides is 2. The van der Waals surface area contributed by atoms with Gasteiger partial charge < -0.3 is 15.7 Å². The van der Waals surface area contributed by atoms with Crippen LogP contribution in [0.25, 0.3) is 0 Å². The number of carboxylic acid groups (broad SMARTS) is 1. The van der Waals surface area contributed by atoms with Gasteiger partial charge in [0.25, 0.3) is 0 Å². The number of hydrogen-bond donors (Lipinski definition) is 3. The second kappa shape index (κ2) is 4.79. The smallest absolute Gasteiger partial charge is 0.337 e. The predicted octanol–water partition coefficient (Wildman–Crippen LogP) is 1.90. The number of carboxylic acids is 1. The first-order valence-electron chi connectivity index (χ1n) is 4.06. The molecule has 15 heavy (non-hydrogen) atoms. The number of nitrogens with one attached hydrogen (secondary N) is 2. The van der Waals surface area contributed by atoms with Gasteiger partial charge in [-0.3, -0.25) is 0 Å². The van der Waals surface area contributed by atoms with E-state index in [1.165, 1.54) is 19.2 Å². The molecule has 1 aromatic rings. The van der Waals surface area contributed by atoms with Gasteiger partial charge in [-0.05, 0) is 18.2 Å². The van der Waals surface area contributed by atoms with Crippen LogP contribution in [0.5, 0.6) is 0 Å². The molecule has 0 heterocycles. The monoisotopic (exact) mass is 272 g/mol. The number of carbonyl (C=O) groups excluding carboxylic acids is 1. The van der Waals surface area contributed by atoms with Crippen LogP contribution >= 0.6 is 15.9 Å². The van der Waals surface area contributed by atoms with Crippen LogP contribution in [0.15, 0.2) is 22.7 Å². The van der Waals surface area contributed by atoms with Gasteiger partial charge in [0.15, 0.2) is 0 Å². The standard InChI is InChI=1S/C9H9BrN2O3/c1-11-9(15)12-7-3-2-5(10)4-6(7)8(13)14/h2-4H,1H3,(H,13,14)(H2,11,12,15). The van der Waals surface area contributed by atoms with Crippen molar-refractivity contribution < 1.29 is 14.7 Å². The van der Waals surface area contributed by atoms with Gasteiger partial charge in [-0.15, -0.1) is 0 Å². The van der Waals surface area contributed by atoms with Crippen molar-refractivity contribution in [2.75, 3.05) is 12.4 Å². The lowest BCUT2D eigenvalue weighted by molar-refractivity contribution is 0.0698. The molecule has 2 amide bonds. The van der Waals surface area contributed by atoms with E-state index in [2.05, 4.69) is 26.6 Å². The second-order valence-electron chi connectivity index (χ2n) is 2.70. The van der Waals surface area contributed by atoms with Crippen molar-refractivity contribution in [1.29, 1.82) is 0 Å². The van der Waals surface area contributed by atoms with Crippen molar-refractivity contribution in [3.8, 4) is 0 Å². The fraction of sp³-hybridized carbons (Fsp3) is 0.111. The van der Waals surface area contributed by atoms with E-state index in [-0.39, 0.29) is 11.3 Å². The molecule has 5 nitrogen and oxygen atoms in total. The fourth-order valence-corrected chi connectivity index (χ4v) is 1.35. The van der Waals surface area contributed by atoms with Crippen LogP contribution in [0.3, 0.4) is 0 Å². The molecule has 3 N–H and O–H groups in total. The van der Waals surface area contributed by atoms with Crippen LogP contribution in [-0.2, 0) is 0 Å². The Morgan fingerprint density at radius 2 is 2.07 bits per heavy atom. The Balaban J connectivity index is 3.06. The van der Waals surface area contributed by atoms with E-state index in [9.17, 15) is 9.59 Å². The number of hydrogen-bond acceptors (Lipinski definition) is 2. The van der Waals surface area contributed by atoms with Gasteiger partial charge in [-0.25, -0.2) is 9.59 Å². The van der Waals surface area contributed by atoms with Gasteiger partial charge in [0.2, 0.25) is 0 Å². The number of anilines is 1. The zero-order chi connectivity index (χ0) is 11.4. The van der Waals surface area contributed by atoms with E-state index in [0.29, 0.717) is 4.47 Å². The minimum atomic E-state index is -1.09. The highest BCUT2D eigenvalue weighted by molar-refractivity contribution is 9.10. The minimum Gasteiger partial charge on any atom is -0.478 e. The number of aromatic carboxylic acids is 1. The van der Waals surface area contributed by atoms with E-state index < -0.39 is 12.0 Å².